The molecule has 1 fully saturated rings. The highest BCUT2D eigenvalue weighted by atomic mass is 16.5. The van der Waals surface area contributed by atoms with E-state index >= 15 is 0 Å². The summed E-state index contributed by atoms with van der Waals surface area (Å²) in [6.07, 6.45) is 2.29. The number of benzene rings is 2. The number of amides is 1. The molecule has 0 saturated carbocycles. The van der Waals surface area contributed by atoms with Crippen LogP contribution in [0.1, 0.15) is 19.3 Å². The molecular weight excluding hydrogens is 384 g/mol. The van der Waals surface area contributed by atoms with Crippen LogP contribution in [-0.2, 0) is 11.3 Å². The molecule has 3 aromatic rings. The van der Waals surface area contributed by atoms with Gasteiger partial charge in [-0.1, -0.05) is 30.3 Å². The molecule has 1 aromatic heterocycles. The molecule has 2 heterocycles. The number of hydrogen-bond donors (Lipinski definition) is 1. The van der Waals surface area contributed by atoms with Crippen molar-refractivity contribution in [2.75, 3.05) is 26.3 Å². The van der Waals surface area contributed by atoms with E-state index in [2.05, 4.69) is 0 Å². The zero-order valence-corrected chi connectivity index (χ0v) is 16.8. The van der Waals surface area contributed by atoms with Crippen molar-refractivity contribution in [1.82, 2.24) is 9.47 Å². The molecule has 1 N–H and O–H groups in total. The van der Waals surface area contributed by atoms with Crippen molar-refractivity contribution >= 4 is 17.0 Å². The fourth-order valence-electron chi connectivity index (χ4n) is 4.13. The lowest BCUT2D eigenvalue weighted by molar-refractivity contribution is -0.136. The molecule has 4 rings (SSSR count). The second kappa shape index (κ2) is 8.75. The van der Waals surface area contributed by atoms with E-state index in [1.807, 2.05) is 36.4 Å². The van der Waals surface area contributed by atoms with E-state index in [9.17, 15) is 14.7 Å². The van der Waals surface area contributed by atoms with Crippen molar-refractivity contribution in [3.8, 4) is 5.75 Å². The number of nitrogens with zero attached hydrogens (tertiary/aromatic N) is 2. The first-order chi connectivity index (χ1) is 14.6. The predicted molar refractivity (Wildman–Crippen MR) is 112 cm³/mol. The van der Waals surface area contributed by atoms with Crippen molar-refractivity contribution in [2.24, 2.45) is 5.41 Å². The monoisotopic (exact) mass is 410 g/mol. The summed E-state index contributed by atoms with van der Waals surface area (Å²) in [5.74, 6) is 0.108. The van der Waals surface area contributed by atoms with E-state index in [-0.39, 0.29) is 19.1 Å². The van der Waals surface area contributed by atoms with Gasteiger partial charge >= 0.3 is 5.76 Å². The van der Waals surface area contributed by atoms with Gasteiger partial charge in [-0.15, -0.1) is 0 Å². The van der Waals surface area contributed by atoms with Crippen LogP contribution in [0.3, 0.4) is 0 Å². The smallest absolute Gasteiger partial charge is 0.420 e. The van der Waals surface area contributed by atoms with Crippen LogP contribution in [0.25, 0.3) is 11.1 Å². The minimum atomic E-state index is -0.536. The average molecular weight is 410 g/mol. The fourth-order valence-corrected chi connectivity index (χ4v) is 4.13. The van der Waals surface area contributed by atoms with Crippen LogP contribution in [0, 0.1) is 5.41 Å². The van der Waals surface area contributed by atoms with Crippen LogP contribution in [0.4, 0.5) is 0 Å². The number of aliphatic hydroxyl groups excluding tert-OH is 1. The van der Waals surface area contributed by atoms with Gasteiger partial charge in [0.05, 0.1) is 18.7 Å². The molecule has 0 radical (unpaired) electrons. The lowest BCUT2D eigenvalue weighted by atomic mass is 9.78. The first-order valence-corrected chi connectivity index (χ1v) is 10.3. The lowest BCUT2D eigenvalue weighted by Gasteiger charge is -2.41. The summed E-state index contributed by atoms with van der Waals surface area (Å²) in [5, 5.41) is 10.1. The Morgan fingerprint density at radius 3 is 2.70 bits per heavy atom. The number of ether oxygens (including phenoxy) is 1. The number of aromatic nitrogens is 1. The molecule has 0 bridgehead atoms. The molecule has 1 atom stereocenters. The Bertz CT molecular complexity index is 1060. The van der Waals surface area contributed by atoms with Gasteiger partial charge in [0, 0.05) is 18.5 Å². The minimum Gasteiger partial charge on any atom is -0.494 e. The molecule has 0 spiro atoms. The van der Waals surface area contributed by atoms with Gasteiger partial charge in [-0.25, -0.2) is 4.79 Å². The lowest BCUT2D eigenvalue weighted by Crippen LogP contribution is -2.49. The molecule has 7 heteroatoms. The van der Waals surface area contributed by atoms with E-state index in [1.54, 1.807) is 23.1 Å². The van der Waals surface area contributed by atoms with Gasteiger partial charge < -0.3 is 19.2 Å². The molecule has 30 heavy (non-hydrogen) atoms. The summed E-state index contributed by atoms with van der Waals surface area (Å²) in [4.78, 5) is 26.9. The predicted octanol–water partition coefficient (Wildman–Crippen LogP) is 2.66. The largest absolute Gasteiger partial charge is 0.494 e. The molecular formula is C23H26N2O5. The molecule has 1 amide bonds. The van der Waals surface area contributed by atoms with Gasteiger partial charge in [0.2, 0.25) is 5.91 Å². The number of para-hydroxylation sites is 3. The van der Waals surface area contributed by atoms with Crippen molar-refractivity contribution in [3.05, 3.63) is 65.1 Å². The van der Waals surface area contributed by atoms with Crippen LogP contribution >= 0.6 is 0 Å². The third kappa shape index (κ3) is 4.26. The molecule has 1 saturated heterocycles. The quantitative estimate of drug-likeness (QED) is 0.647. The fraction of sp³-hybridized carbons (Fsp3) is 0.391. The Labute approximate surface area is 174 Å². The van der Waals surface area contributed by atoms with E-state index in [4.69, 9.17) is 9.15 Å². The summed E-state index contributed by atoms with van der Waals surface area (Å²) in [6, 6.07) is 16.6. The second-order valence-corrected chi connectivity index (χ2v) is 7.91. The third-order valence-corrected chi connectivity index (χ3v) is 5.86. The Morgan fingerprint density at radius 2 is 1.90 bits per heavy atom. The molecule has 7 nitrogen and oxygen atoms in total. The average Bonchev–Trinajstić information content (AvgIpc) is 3.09. The van der Waals surface area contributed by atoms with Crippen molar-refractivity contribution in [1.29, 1.82) is 0 Å². The minimum absolute atomic E-state index is 0.0104. The van der Waals surface area contributed by atoms with Gasteiger partial charge in [-0.3, -0.25) is 9.36 Å². The summed E-state index contributed by atoms with van der Waals surface area (Å²) >= 11 is 0. The summed E-state index contributed by atoms with van der Waals surface area (Å²) in [7, 11) is 0. The number of fused-ring (bicyclic) bond motifs is 1. The zero-order valence-electron chi connectivity index (χ0n) is 16.8. The SMILES string of the molecule is O=C(Cn1c(=O)oc2ccccc21)N1CCCC(CO)(CCOc2ccccc2)C1. The Hall–Kier alpha value is -3.06. The number of carbonyl (C=O) groups excluding carboxylic acids is 1. The van der Waals surface area contributed by atoms with E-state index in [0.29, 0.717) is 37.2 Å². The van der Waals surface area contributed by atoms with Gasteiger partial charge in [0.25, 0.3) is 0 Å². The van der Waals surface area contributed by atoms with Crippen LogP contribution in [-0.4, -0.2) is 46.8 Å². The van der Waals surface area contributed by atoms with E-state index in [0.717, 1.165) is 18.6 Å². The molecule has 1 aliphatic heterocycles. The first-order valence-electron chi connectivity index (χ1n) is 10.3. The van der Waals surface area contributed by atoms with Gasteiger partial charge in [0.1, 0.15) is 12.3 Å². The van der Waals surface area contributed by atoms with E-state index in [1.165, 1.54) is 4.57 Å². The van der Waals surface area contributed by atoms with Crippen molar-refractivity contribution < 1.29 is 19.1 Å². The summed E-state index contributed by atoms with van der Waals surface area (Å²) in [5.41, 5.74) is 0.681. The number of likely N-dealkylation sites (tertiary alicyclic amines) is 1. The normalized spacial score (nSPS) is 19.2. The number of oxazole rings is 1. The number of rotatable bonds is 7. The standard InChI is InChI=1S/C23H26N2O5/c26-17-23(12-14-29-18-7-2-1-3-8-18)11-6-13-24(16-23)21(27)15-25-19-9-4-5-10-20(19)30-22(25)28/h1-5,7-10,26H,6,11-17H2. The zero-order chi connectivity index (χ0) is 21.0. The van der Waals surface area contributed by atoms with Crippen LogP contribution in [0.2, 0.25) is 0 Å². The molecule has 0 aliphatic carbocycles. The van der Waals surface area contributed by atoms with Crippen LogP contribution in [0.5, 0.6) is 5.75 Å². The maximum atomic E-state index is 13.0. The maximum Gasteiger partial charge on any atom is 0.420 e. The second-order valence-electron chi connectivity index (χ2n) is 7.91. The van der Waals surface area contributed by atoms with Crippen LogP contribution < -0.4 is 10.5 Å². The number of piperidine rings is 1. The Morgan fingerprint density at radius 1 is 1.13 bits per heavy atom. The number of hydrogen-bond acceptors (Lipinski definition) is 5. The van der Waals surface area contributed by atoms with Gasteiger partial charge in [-0.2, -0.15) is 0 Å². The van der Waals surface area contributed by atoms with E-state index < -0.39 is 11.2 Å². The highest BCUT2D eigenvalue weighted by Gasteiger charge is 2.37. The Balaban J connectivity index is 1.42. The Kier molecular flexibility index (Phi) is 5.90. The molecule has 158 valence electrons. The van der Waals surface area contributed by atoms with Crippen molar-refractivity contribution in [3.63, 3.8) is 0 Å². The number of aliphatic hydroxyl groups is 1. The van der Waals surface area contributed by atoms with Gasteiger partial charge in [-0.05, 0) is 43.5 Å². The first kappa shape index (κ1) is 20.2. The third-order valence-electron chi connectivity index (χ3n) is 5.86. The molecule has 1 aliphatic rings. The maximum absolute atomic E-state index is 13.0. The highest BCUT2D eigenvalue weighted by Crippen LogP contribution is 2.33. The highest BCUT2D eigenvalue weighted by molar-refractivity contribution is 5.79. The van der Waals surface area contributed by atoms with Gasteiger partial charge in [0.15, 0.2) is 5.58 Å². The van der Waals surface area contributed by atoms with Crippen molar-refractivity contribution in [2.45, 2.75) is 25.8 Å². The molecule has 2 aromatic carbocycles. The molecule has 1 unspecified atom stereocenters. The number of carbonyl (C=O) groups is 1. The summed E-state index contributed by atoms with van der Waals surface area (Å²) < 4.78 is 12.4. The topological polar surface area (TPSA) is 84.9 Å². The van der Waals surface area contributed by atoms with Crippen LogP contribution in [0.15, 0.2) is 63.8 Å². The summed E-state index contributed by atoms with van der Waals surface area (Å²) in [6.45, 7) is 1.45.